The summed E-state index contributed by atoms with van der Waals surface area (Å²) in [4.78, 5) is 3.99. The Morgan fingerprint density at radius 3 is 2.43 bits per heavy atom. The van der Waals surface area contributed by atoms with Crippen molar-refractivity contribution in [2.45, 2.75) is 13.8 Å². The van der Waals surface area contributed by atoms with Gasteiger partial charge in [0.05, 0.1) is 0 Å². The Morgan fingerprint density at radius 1 is 1.14 bits per heavy atom. The number of H-pyrrole nitrogens is 1. The van der Waals surface area contributed by atoms with Crippen molar-refractivity contribution in [3.8, 4) is 0 Å². The second-order valence-corrected chi connectivity index (χ2v) is 3.34. The van der Waals surface area contributed by atoms with Crippen LogP contribution in [-0.4, -0.2) is 15.2 Å². The molecule has 0 aliphatic carbocycles. The minimum Gasteiger partial charge on any atom is -0.325 e. The number of aromatic amines is 1. The lowest BCUT2D eigenvalue weighted by Crippen LogP contribution is -1.93. The minimum absolute atomic E-state index is 0.662. The molecule has 0 fully saturated rings. The molecule has 1 aromatic heterocycles. The molecule has 0 aliphatic heterocycles. The molecule has 0 unspecified atom stereocenters. The van der Waals surface area contributed by atoms with E-state index >= 15 is 0 Å². The molecule has 2 rings (SSSR count). The smallest absolute Gasteiger partial charge is 0.222 e. The third-order valence-electron chi connectivity index (χ3n) is 1.90. The van der Waals surface area contributed by atoms with Gasteiger partial charge in [-0.2, -0.15) is 10.1 Å². The van der Waals surface area contributed by atoms with E-state index in [1.807, 2.05) is 0 Å². The van der Waals surface area contributed by atoms with E-state index in [1.54, 1.807) is 0 Å². The van der Waals surface area contributed by atoms with Crippen LogP contribution in [0.25, 0.3) is 0 Å². The van der Waals surface area contributed by atoms with Crippen molar-refractivity contribution in [1.82, 2.24) is 15.2 Å². The highest BCUT2D eigenvalue weighted by atomic mass is 15.3. The molecule has 1 heterocycles. The maximum Gasteiger partial charge on any atom is 0.222 e. The molecule has 0 atom stereocenters. The van der Waals surface area contributed by atoms with Crippen LogP contribution in [0.15, 0.2) is 24.5 Å². The Labute approximate surface area is 82.4 Å². The van der Waals surface area contributed by atoms with Gasteiger partial charge in [-0.15, -0.1) is 0 Å². The Kier molecular flexibility index (Phi) is 2.18. The van der Waals surface area contributed by atoms with Crippen molar-refractivity contribution in [2.24, 2.45) is 0 Å². The fraction of sp³-hybridized carbons (Fsp3) is 0.200. The number of aryl methyl sites for hydroxylation is 2. The third-order valence-corrected chi connectivity index (χ3v) is 1.90. The standard InChI is InChI=1S/C10H12N4/c1-7-3-8(2)5-9(4-7)13-10-11-6-12-14-10/h3-6H,1-2H3,(H2,11,12,13,14). The van der Waals surface area contributed by atoms with Gasteiger partial charge in [0.25, 0.3) is 0 Å². The van der Waals surface area contributed by atoms with Crippen LogP contribution in [0.4, 0.5) is 11.6 Å². The van der Waals surface area contributed by atoms with E-state index in [0.717, 1.165) is 5.69 Å². The van der Waals surface area contributed by atoms with Crippen LogP contribution in [-0.2, 0) is 0 Å². The molecule has 2 aromatic rings. The van der Waals surface area contributed by atoms with Gasteiger partial charge in [-0.05, 0) is 37.1 Å². The van der Waals surface area contributed by atoms with Gasteiger partial charge >= 0.3 is 0 Å². The second-order valence-electron chi connectivity index (χ2n) is 3.34. The number of benzene rings is 1. The number of hydrogen-bond donors (Lipinski definition) is 2. The molecule has 14 heavy (non-hydrogen) atoms. The molecule has 0 aliphatic rings. The molecule has 0 spiro atoms. The number of anilines is 2. The van der Waals surface area contributed by atoms with Crippen molar-refractivity contribution >= 4 is 11.6 Å². The maximum atomic E-state index is 3.99. The van der Waals surface area contributed by atoms with E-state index in [4.69, 9.17) is 0 Å². The molecular formula is C10H12N4. The van der Waals surface area contributed by atoms with Crippen molar-refractivity contribution in [3.05, 3.63) is 35.7 Å². The first kappa shape index (κ1) is 8.74. The van der Waals surface area contributed by atoms with Crippen LogP contribution in [0.5, 0.6) is 0 Å². The van der Waals surface area contributed by atoms with E-state index in [1.165, 1.54) is 17.5 Å². The monoisotopic (exact) mass is 188 g/mol. The predicted octanol–water partition coefficient (Wildman–Crippen LogP) is 2.17. The number of hydrogen-bond acceptors (Lipinski definition) is 3. The lowest BCUT2D eigenvalue weighted by molar-refractivity contribution is 1.09. The van der Waals surface area contributed by atoms with E-state index in [2.05, 4.69) is 52.5 Å². The zero-order valence-electron chi connectivity index (χ0n) is 8.20. The largest absolute Gasteiger partial charge is 0.325 e. The third kappa shape index (κ3) is 1.90. The van der Waals surface area contributed by atoms with Crippen LogP contribution in [0, 0.1) is 13.8 Å². The minimum atomic E-state index is 0.662. The summed E-state index contributed by atoms with van der Waals surface area (Å²) < 4.78 is 0. The SMILES string of the molecule is Cc1cc(C)cc(Nc2ncn[nH]2)c1. The average Bonchev–Trinajstić information content (AvgIpc) is 2.54. The normalized spacial score (nSPS) is 10.1. The number of rotatable bonds is 2. The maximum absolute atomic E-state index is 3.99. The molecule has 1 aromatic carbocycles. The van der Waals surface area contributed by atoms with Crippen LogP contribution >= 0.6 is 0 Å². The molecule has 0 amide bonds. The van der Waals surface area contributed by atoms with E-state index in [-0.39, 0.29) is 0 Å². The first-order valence-electron chi connectivity index (χ1n) is 4.45. The van der Waals surface area contributed by atoms with E-state index in [9.17, 15) is 0 Å². The van der Waals surface area contributed by atoms with Crippen molar-refractivity contribution in [3.63, 3.8) is 0 Å². The Morgan fingerprint density at radius 2 is 1.86 bits per heavy atom. The van der Waals surface area contributed by atoms with Crippen molar-refractivity contribution in [2.75, 3.05) is 5.32 Å². The van der Waals surface area contributed by atoms with Crippen LogP contribution in [0.2, 0.25) is 0 Å². The van der Waals surface area contributed by atoms with Gasteiger partial charge < -0.3 is 5.32 Å². The number of aromatic nitrogens is 3. The molecule has 2 N–H and O–H groups in total. The van der Waals surface area contributed by atoms with Crippen LogP contribution in [0.1, 0.15) is 11.1 Å². The fourth-order valence-corrected chi connectivity index (χ4v) is 1.45. The van der Waals surface area contributed by atoms with Crippen molar-refractivity contribution < 1.29 is 0 Å². The zero-order chi connectivity index (χ0) is 9.97. The predicted molar refractivity (Wildman–Crippen MR) is 55.6 cm³/mol. The average molecular weight is 188 g/mol. The summed E-state index contributed by atoms with van der Waals surface area (Å²) in [5.74, 6) is 0.662. The quantitative estimate of drug-likeness (QED) is 0.759. The summed E-state index contributed by atoms with van der Waals surface area (Å²) in [6.07, 6.45) is 1.48. The number of nitrogens with one attached hydrogen (secondary N) is 2. The van der Waals surface area contributed by atoms with Crippen molar-refractivity contribution in [1.29, 1.82) is 0 Å². The highest BCUT2D eigenvalue weighted by molar-refractivity contribution is 5.55. The zero-order valence-corrected chi connectivity index (χ0v) is 8.20. The van der Waals surface area contributed by atoms with Crippen LogP contribution < -0.4 is 5.32 Å². The molecular weight excluding hydrogens is 176 g/mol. The summed E-state index contributed by atoms with van der Waals surface area (Å²) in [7, 11) is 0. The van der Waals surface area contributed by atoms with Gasteiger partial charge in [0, 0.05) is 5.69 Å². The van der Waals surface area contributed by atoms with Gasteiger partial charge in [-0.1, -0.05) is 6.07 Å². The summed E-state index contributed by atoms with van der Waals surface area (Å²) >= 11 is 0. The molecule has 4 heteroatoms. The summed E-state index contributed by atoms with van der Waals surface area (Å²) in [5, 5.41) is 9.65. The van der Waals surface area contributed by atoms with Gasteiger partial charge in [-0.3, -0.25) is 0 Å². The highest BCUT2D eigenvalue weighted by Crippen LogP contribution is 2.16. The van der Waals surface area contributed by atoms with Gasteiger partial charge in [0.2, 0.25) is 5.95 Å². The van der Waals surface area contributed by atoms with Gasteiger partial charge in [0.1, 0.15) is 6.33 Å². The highest BCUT2D eigenvalue weighted by Gasteiger charge is 1.98. The molecule has 0 bridgehead atoms. The molecule has 0 saturated carbocycles. The molecule has 4 nitrogen and oxygen atoms in total. The summed E-state index contributed by atoms with van der Waals surface area (Å²) in [6, 6.07) is 6.26. The Bertz CT molecular complexity index is 399. The molecule has 0 saturated heterocycles. The second kappa shape index (κ2) is 3.49. The fourth-order valence-electron chi connectivity index (χ4n) is 1.45. The Hall–Kier alpha value is -1.84. The molecule has 0 radical (unpaired) electrons. The first-order chi connectivity index (χ1) is 6.74. The van der Waals surface area contributed by atoms with Gasteiger partial charge in [0.15, 0.2) is 0 Å². The Balaban J connectivity index is 2.25. The van der Waals surface area contributed by atoms with E-state index < -0.39 is 0 Å². The molecule has 72 valence electrons. The summed E-state index contributed by atoms with van der Waals surface area (Å²) in [5.41, 5.74) is 3.48. The van der Waals surface area contributed by atoms with E-state index in [0.29, 0.717) is 5.95 Å². The number of nitrogens with zero attached hydrogens (tertiary/aromatic N) is 2. The lowest BCUT2D eigenvalue weighted by Gasteiger charge is -2.04. The lowest BCUT2D eigenvalue weighted by atomic mass is 10.1. The first-order valence-corrected chi connectivity index (χ1v) is 4.45. The summed E-state index contributed by atoms with van der Waals surface area (Å²) in [6.45, 7) is 4.14. The van der Waals surface area contributed by atoms with Crippen LogP contribution in [0.3, 0.4) is 0 Å². The van der Waals surface area contributed by atoms with Gasteiger partial charge in [-0.25, -0.2) is 5.10 Å². The topological polar surface area (TPSA) is 53.6 Å².